The lowest BCUT2D eigenvalue weighted by Crippen LogP contribution is -2.24. The van der Waals surface area contributed by atoms with Crippen molar-refractivity contribution in [2.24, 2.45) is 5.84 Å². The maximum Gasteiger partial charge on any atom is 0.145 e. The average molecular weight is 275 g/mol. The molecule has 2 aromatic rings. The zero-order valence-corrected chi connectivity index (χ0v) is 12.1. The van der Waals surface area contributed by atoms with Gasteiger partial charge in [-0.05, 0) is 19.1 Å². The number of furan rings is 1. The molecule has 2 heterocycles. The van der Waals surface area contributed by atoms with Gasteiger partial charge in [0.2, 0.25) is 0 Å². The van der Waals surface area contributed by atoms with Gasteiger partial charge < -0.3 is 14.7 Å². The van der Waals surface area contributed by atoms with Crippen molar-refractivity contribution in [1.82, 2.24) is 9.97 Å². The first-order valence-electron chi connectivity index (χ1n) is 6.77. The van der Waals surface area contributed by atoms with Gasteiger partial charge in [-0.15, -0.1) is 0 Å². The first-order chi connectivity index (χ1) is 9.63. The third-order valence-electron chi connectivity index (χ3n) is 3.03. The van der Waals surface area contributed by atoms with Gasteiger partial charge in [-0.25, -0.2) is 15.8 Å². The van der Waals surface area contributed by atoms with Crippen molar-refractivity contribution >= 4 is 11.6 Å². The summed E-state index contributed by atoms with van der Waals surface area (Å²) >= 11 is 0. The van der Waals surface area contributed by atoms with Crippen LogP contribution in [0.5, 0.6) is 0 Å². The van der Waals surface area contributed by atoms with Crippen molar-refractivity contribution in [3.05, 3.63) is 36.0 Å². The summed E-state index contributed by atoms with van der Waals surface area (Å²) in [5, 5.41) is 0. The number of hydrogen-bond donors (Lipinski definition) is 2. The lowest BCUT2D eigenvalue weighted by Gasteiger charge is -2.22. The highest BCUT2D eigenvalue weighted by atomic mass is 16.3. The molecule has 108 valence electrons. The van der Waals surface area contributed by atoms with E-state index in [1.165, 1.54) is 0 Å². The second-order valence-electron chi connectivity index (χ2n) is 4.86. The Balaban J connectivity index is 2.30. The van der Waals surface area contributed by atoms with E-state index < -0.39 is 0 Å². The lowest BCUT2D eigenvalue weighted by molar-refractivity contribution is 0.502. The smallest absolute Gasteiger partial charge is 0.145 e. The molecule has 0 bridgehead atoms. The maximum atomic E-state index is 5.49. The van der Waals surface area contributed by atoms with Crippen LogP contribution in [-0.4, -0.2) is 16.5 Å². The number of rotatable bonds is 6. The molecule has 0 aromatic carbocycles. The van der Waals surface area contributed by atoms with Gasteiger partial charge in [0.25, 0.3) is 0 Å². The molecule has 0 unspecified atom stereocenters. The van der Waals surface area contributed by atoms with Crippen LogP contribution in [-0.2, 0) is 6.54 Å². The summed E-state index contributed by atoms with van der Waals surface area (Å²) in [5.74, 6) is 8.87. The van der Waals surface area contributed by atoms with Crippen LogP contribution in [0.1, 0.15) is 38.3 Å². The Labute approximate surface area is 119 Å². The molecule has 0 atom stereocenters. The lowest BCUT2D eigenvalue weighted by atomic mass is 10.2. The molecule has 2 rings (SSSR count). The van der Waals surface area contributed by atoms with Crippen LogP contribution in [0.15, 0.2) is 28.9 Å². The molecule has 2 aromatic heterocycles. The second kappa shape index (κ2) is 6.38. The normalized spacial score (nSPS) is 10.8. The predicted molar refractivity (Wildman–Crippen MR) is 79.4 cm³/mol. The van der Waals surface area contributed by atoms with Crippen LogP contribution in [0.3, 0.4) is 0 Å². The van der Waals surface area contributed by atoms with Gasteiger partial charge in [-0.2, -0.15) is 0 Å². The van der Waals surface area contributed by atoms with E-state index in [9.17, 15) is 0 Å². The molecule has 20 heavy (non-hydrogen) atoms. The first kappa shape index (κ1) is 14.3. The average Bonchev–Trinajstić information content (AvgIpc) is 2.97. The van der Waals surface area contributed by atoms with Crippen molar-refractivity contribution in [2.75, 3.05) is 16.9 Å². The number of aromatic nitrogens is 2. The maximum absolute atomic E-state index is 5.49. The minimum atomic E-state index is 0.240. The Morgan fingerprint density at radius 3 is 2.75 bits per heavy atom. The summed E-state index contributed by atoms with van der Waals surface area (Å²) in [6.07, 6.45) is 1.68. The summed E-state index contributed by atoms with van der Waals surface area (Å²) in [6.45, 7) is 7.68. The molecule has 0 aliphatic carbocycles. The van der Waals surface area contributed by atoms with Crippen LogP contribution in [0.2, 0.25) is 0 Å². The van der Waals surface area contributed by atoms with Crippen LogP contribution < -0.4 is 16.2 Å². The Morgan fingerprint density at radius 2 is 2.20 bits per heavy atom. The first-order valence-corrected chi connectivity index (χ1v) is 6.77. The molecule has 0 aliphatic rings. The highest BCUT2D eigenvalue weighted by Gasteiger charge is 2.13. The number of nitrogens with two attached hydrogens (primary N) is 1. The molecule has 0 radical (unpaired) electrons. The molecule has 0 amide bonds. The number of anilines is 2. The fourth-order valence-electron chi connectivity index (χ4n) is 1.89. The SMILES string of the molecule is CCN(Cc1ccco1)c1cc(NN)nc(C(C)C)n1. The van der Waals surface area contributed by atoms with Crippen LogP contribution in [0.25, 0.3) is 0 Å². The Bertz CT molecular complexity index is 539. The molecule has 0 aliphatic heterocycles. The predicted octanol–water partition coefficient (Wildman–Crippen LogP) is 2.51. The van der Waals surface area contributed by atoms with E-state index in [1.54, 1.807) is 6.26 Å². The van der Waals surface area contributed by atoms with Crippen molar-refractivity contribution in [1.29, 1.82) is 0 Å². The summed E-state index contributed by atoms with van der Waals surface area (Å²) in [7, 11) is 0. The zero-order chi connectivity index (χ0) is 14.5. The topological polar surface area (TPSA) is 80.2 Å². The van der Waals surface area contributed by atoms with E-state index in [0.29, 0.717) is 12.4 Å². The minimum Gasteiger partial charge on any atom is -0.467 e. The third-order valence-corrected chi connectivity index (χ3v) is 3.03. The van der Waals surface area contributed by atoms with Gasteiger partial charge in [-0.3, -0.25) is 0 Å². The molecular weight excluding hydrogens is 254 g/mol. The Morgan fingerprint density at radius 1 is 1.40 bits per heavy atom. The quantitative estimate of drug-likeness (QED) is 0.623. The molecule has 3 N–H and O–H groups in total. The standard InChI is InChI=1S/C14H21N5O/c1-4-19(9-11-6-5-7-20-11)13-8-12(18-15)16-14(17-13)10(2)3/h5-8,10H,4,9,15H2,1-3H3,(H,16,17,18). The van der Waals surface area contributed by atoms with Crippen molar-refractivity contribution in [2.45, 2.75) is 33.2 Å². The summed E-state index contributed by atoms with van der Waals surface area (Å²) in [6, 6.07) is 5.68. The van der Waals surface area contributed by atoms with Gasteiger partial charge in [0.1, 0.15) is 23.2 Å². The largest absolute Gasteiger partial charge is 0.467 e. The molecule has 6 heteroatoms. The molecule has 0 saturated heterocycles. The molecule has 0 fully saturated rings. The van der Waals surface area contributed by atoms with Gasteiger partial charge >= 0.3 is 0 Å². The Kier molecular flexibility index (Phi) is 4.57. The third kappa shape index (κ3) is 3.27. The fraction of sp³-hybridized carbons (Fsp3) is 0.429. The van der Waals surface area contributed by atoms with Gasteiger partial charge in [0.15, 0.2) is 0 Å². The van der Waals surface area contributed by atoms with Crippen molar-refractivity contribution in [3.8, 4) is 0 Å². The number of nitrogens with one attached hydrogen (secondary N) is 1. The highest BCUT2D eigenvalue weighted by Crippen LogP contribution is 2.21. The zero-order valence-electron chi connectivity index (χ0n) is 12.1. The van der Waals surface area contributed by atoms with Gasteiger partial charge in [0.05, 0.1) is 12.8 Å². The number of hydrazine groups is 1. The minimum absolute atomic E-state index is 0.240. The number of hydrogen-bond acceptors (Lipinski definition) is 6. The number of nitrogens with zero attached hydrogens (tertiary/aromatic N) is 3. The van der Waals surface area contributed by atoms with Gasteiger partial charge in [0, 0.05) is 18.5 Å². The van der Waals surface area contributed by atoms with Crippen LogP contribution >= 0.6 is 0 Å². The fourth-order valence-corrected chi connectivity index (χ4v) is 1.89. The molecular formula is C14H21N5O. The van der Waals surface area contributed by atoms with E-state index in [2.05, 4.69) is 41.1 Å². The van der Waals surface area contributed by atoms with E-state index in [-0.39, 0.29) is 5.92 Å². The molecule has 0 spiro atoms. The van der Waals surface area contributed by atoms with Crippen molar-refractivity contribution in [3.63, 3.8) is 0 Å². The summed E-state index contributed by atoms with van der Waals surface area (Å²) in [5.41, 5.74) is 2.60. The number of nitrogen functional groups attached to an aromatic ring is 1. The van der Waals surface area contributed by atoms with E-state index in [4.69, 9.17) is 10.3 Å². The van der Waals surface area contributed by atoms with Crippen LogP contribution in [0.4, 0.5) is 11.6 Å². The van der Waals surface area contributed by atoms with Crippen molar-refractivity contribution < 1.29 is 4.42 Å². The molecule has 6 nitrogen and oxygen atoms in total. The Hall–Kier alpha value is -2.08. The summed E-state index contributed by atoms with van der Waals surface area (Å²) < 4.78 is 5.40. The highest BCUT2D eigenvalue weighted by molar-refractivity contribution is 5.49. The van der Waals surface area contributed by atoms with Gasteiger partial charge in [-0.1, -0.05) is 13.8 Å². The molecule has 0 saturated carbocycles. The second-order valence-corrected chi connectivity index (χ2v) is 4.86. The van der Waals surface area contributed by atoms with E-state index >= 15 is 0 Å². The summed E-state index contributed by atoms with van der Waals surface area (Å²) in [4.78, 5) is 11.1. The monoisotopic (exact) mass is 275 g/mol. The van der Waals surface area contributed by atoms with E-state index in [0.717, 1.165) is 23.9 Å². The van der Waals surface area contributed by atoms with Crippen LogP contribution in [0, 0.1) is 0 Å². The van der Waals surface area contributed by atoms with E-state index in [1.807, 2.05) is 18.2 Å².